The fraction of sp³-hybridized carbons (Fsp3) is 0.500. The molecular formula is C12H16ClNO5S2. The molecule has 1 atom stereocenters. The standard InChI is InChI=1S/C12H16ClNO5S2/c1-19-12-4-3-9(7-11(12)13)21(17,18)14-6-5-10(8-14)20(2,15)16/h3-4,7,10H,5-6,8H2,1-2H3/t10-/m0/s1. The van der Waals surface area contributed by atoms with E-state index < -0.39 is 25.1 Å². The molecule has 1 fully saturated rings. The number of methoxy groups -OCH3 is 1. The second-order valence-corrected chi connectivity index (χ2v) is 9.57. The molecule has 1 aromatic carbocycles. The molecule has 0 amide bonds. The van der Waals surface area contributed by atoms with E-state index in [0.717, 1.165) is 6.26 Å². The van der Waals surface area contributed by atoms with Crippen LogP contribution in [-0.2, 0) is 19.9 Å². The first-order valence-electron chi connectivity index (χ1n) is 6.19. The van der Waals surface area contributed by atoms with Gasteiger partial charge in [0, 0.05) is 19.3 Å². The monoisotopic (exact) mass is 353 g/mol. The van der Waals surface area contributed by atoms with Crippen LogP contribution in [0.15, 0.2) is 23.1 Å². The first kappa shape index (κ1) is 16.5. The van der Waals surface area contributed by atoms with Crippen LogP contribution in [0.25, 0.3) is 0 Å². The molecule has 0 radical (unpaired) electrons. The highest BCUT2D eigenvalue weighted by Crippen LogP contribution is 2.30. The Morgan fingerprint density at radius 3 is 2.43 bits per heavy atom. The third-order valence-electron chi connectivity index (χ3n) is 3.47. The molecule has 1 saturated heterocycles. The number of ether oxygens (including phenoxy) is 1. The molecule has 0 aromatic heterocycles. The molecule has 0 bridgehead atoms. The fourth-order valence-electron chi connectivity index (χ4n) is 2.22. The maximum absolute atomic E-state index is 12.5. The van der Waals surface area contributed by atoms with Crippen LogP contribution in [0.5, 0.6) is 5.75 Å². The van der Waals surface area contributed by atoms with Crippen molar-refractivity contribution in [2.24, 2.45) is 0 Å². The highest BCUT2D eigenvalue weighted by atomic mass is 35.5. The second kappa shape index (κ2) is 5.75. The van der Waals surface area contributed by atoms with Gasteiger partial charge < -0.3 is 4.74 Å². The van der Waals surface area contributed by atoms with Crippen molar-refractivity contribution in [3.8, 4) is 5.75 Å². The summed E-state index contributed by atoms with van der Waals surface area (Å²) < 4.78 is 54.2. The smallest absolute Gasteiger partial charge is 0.243 e. The molecule has 1 aliphatic rings. The molecule has 2 rings (SSSR count). The Morgan fingerprint density at radius 1 is 1.29 bits per heavy atom. The lowest BCUT2D eigenvalue weighted by Crippen LogP contribution is -2.31. The van der Waals surface area contributed by atoms with E-state index in [1.807, 2.05) is 0 Å². The van der Waals surface area contributed by atoms with Crippen molar-refractivity contribution in [1.29, 1.82) is 0 Å². The van der Waals surface area contributed by atoms with Crippen molar-refractivity contribution in [3.63, 3.8) is 0 Å². The molecule has 0 spiro atoms. The second-order valence-electron chi connectivity index (χ2n) is 4.90. The highest BCUT2D eigenvalue weighted by Gasteiger charge is 2.37. The summed E-state index contributed by atoms with van der Waals surface area (Å²) in [4.78, 5) is 0.0300. The van der Waals surface area contributed by atoms with Gasteiger partial charge in [0.1, 0.15) is 5.75 Å². The molecule has 9 heteroatoms. The summed E-state index contributed by atoms with van der Waals surface area (Å²) in [6.07, 6.45) is 1.43. The predicted molar refractivity (Wildman–Crippen MR) is 80.0 cm³/mol. The van der Waals surface area contributed by atoms with Crippen LogP contribution in [-0.4, -0.2) is 52.8 Å². The van der Waals surface area contributed by atoms with Crippen molar-refractivity contribution < 1.29 is 21.6 Å². The summed E-state index contributed by atoms with van der Waals surface area (Å²) in [5.74, 6) is 0.381. The SMILES string of the molecule is COc1ccc(S(=O)(=O)N2CC[C@H](S(C)(=O)=O)C2)cc1Cl. The van der Waals surface area contributed by atoms with Crippen molar-refractivity contribution in [2.45, 2.75) is 16.6 Å². The van der Waals surface area contributed by atoms with Gasteiger partial charge in [0.15, 0.2) is 9.84 Å². The van der Waals surface area contributed by atoms with Crippen LogP contribution < -0.4 is 4.74 Å². The molecule has 6 nitrogen and oxygen atoms in total. The molecule has 21 heavy (non-hydrogen) atoms. The maximum Gasteiger partial charge on any atom is 0.243 e. The van der Waals surface area contributed by atoms with E-state index in [2.05, 4.69) is 0 Å². The van der Waals surface area contributed by atoms with E-state index in [-0.39, 0.29) is 23.0 Å². The quantitative estimate of drug-likeness (QED) is 0.811. The number of hydrogen-bond acceptors (Lipinski definition) is 5. The Bertz CT molecular complexity index is 745. The van der Waals surface area contributed by atoms with E-state index in [4.69, 9.17) is 16.3 Å². The average Bonchev–Trinajstić information content (AvgIpc) is 2.88. The molecule has 0 saturated carbocycles. The summed E-state index contributed by atoms with van der Waals surface area (Å²) in [7, 11) is -5.56. The predicted octanol–water partition coefficient (Wildman–Crippen LogP) is 1.16. The van der Waals surface area contributed by atoms with Crippen molar-refractivity contribution in [3.05, 3.63) is 23.2 Å². The highest BCUT2D eigenvalue weighted by molar-refractivity contribution is 7.91. The Labute approximate surface area is 129 Å². The lowest BCUT2D eigenvalue weighted by atomic mass is 10.3. The van der Waals surface area contributed by atoms with Crippen LogP contribution >= 0.6 is 11.6 Å². The molecule has 0 N–H and O–H groups in total. The minimum Gasteiger partial charge on any atom is -0.495 e. The first-order chi connectivity index (χ1) is 9.66. The van der Waals surface area contributed by atoms with Gasteiger partial charge in [-0.3, -0.25) is 0 Å². The number of rotatable bonds is 4. The zero-order valence-electron chi connectivity index (χ0n) is 11.6. The summed E-state index contributed by atoms with van der Waals surface area (Å²) in [5.41, 5.74) is 0. The van der Waals surface area contributed by atoms with Crippen molar-refractivity contribution >= 4 is 31.5 Å². The minimum atomic E-state index is -3.75. The van der Waals surface area contributed by atoms with Gasteiger partial charge in [-0.25, -0.2) is 16.8 Å². The molecule has 1 heterocycles. The number of sulfone groups is 1. The average molecular weight is 354 g/mol. The topological polar surface area (TPSA) is 80.8 Å². The molecule has 0 aliphatic carbocycles. The zero-order valence-corrected chi connectivity index (χ0v) is 14.0. The number of nitrogens with zero attached hydrogens (tertiary/aromatic N) is 1. The van der Waals surface area contributed by atoms with Crippen molar-refractivity contribution in [1.82, 2.24) is 4.31 Å². The van der Waals surface area contributed by atoms with E-state index in [0.29, 0.717) is 12.2 Å². The van der Waals surface area contributed by atoms with E-state index in [1.54, 1.807) is 0 Å². The summed E-state index contributed by atoms with van der Waals surface area (Å²) in [5, 5.41) is -0.460. The first-order valence-corrected chi connectivity index (χ1v) is 9.96. The third kappa shape index (κ3) is 3.33. The fourth-order valence-corrected chi connectivity index (χ4v) is 5.15. The molecular weight excluding hydrogens is 338 g/mol. The van der Waals surface area contributed by atoms with Gasteiger partial charge in [0.25, 0.3) is 0 Å². The summed E-state index contributed by atoms with van der Waals surface area (Å²) in [6, 6.07) is 4.18. The van der Waals surface area contributed by atoms with E-state index in [1.165, 1.54) is 29.6 Å². The molecule has 1 aliphatic heterocycles. The Hall–Kier alpha value is -0.830. The van der Waals surface area contributed by atoms with Crippen LogP contribution in [0.2, 0.25) is 5.02 Å². The molecule has 1 aromatic rings. The van der Waals surface area contributed by atoms with E-state index in [9.17, 15) is 16.8 Å². The Morgan fingerprint density at radius 2 is 1.95 bits per heavy atom. The van der Waals surface area contributed by atoms with Gasteiger partial charge in [-0.05, 0) is 24.6 Å². The number of benzene rings is 1. The lowest BCUT2D eigenvalue weighted by molar-refractivity contribution is 0.414. The normalized spacial score (nSPS) is 20.6. The van der Waals surface area contributed by atoms with Crippen molar-refractivity contribution in [2.75, 3.05) is 26.5 Å². The third-order valence-corrected chi connectivity index (χ3v) is 7.23. The lowest BCUT2D eigenvalue weighted by Gasteiger charge is -2.17. The number of hydrogen-bond donors (Lipinski definition) is 0. The number of sulfonamides is 1. The molecule has 118 valence electrons. The van der Waals surface area contributed by atoms with E-state index >= 15 is 0 Å². The van der Waals surface area contributed by atoms with Crippen LogP contribution in [0.4, 0.5) is 0 Å². The van der Waals surface area contributed by atoms with Gasteiger partial charge in [-0.15, -0.1) is 0 Å². The Balaban J connectivity index is 2.29. The molecule has 0 unspecified atom stereocenters. The number of halogens is 1. The maximum atomic E-state index is 12.5. The van der Waals surface area contributed by atoms with Gasteiger partial charge in [-0.1, -0.05) is 11.6 Å². The largest absolute Gasteiger partial charge is 0.495 e. The minimum absolute atomic E-state index is 0.0230. The van der Waals surface area contributed by atoms with Gasteiger partial charge in [0.2, 0.25) is 10.0 Å². The summed E-state index contributed by atoms with van der Waals surface area (Å²) in [6.45, 7) is 0.161. The van der Waals surface area contributed by atoms with Crippen LogP contribution in [0.3, 0.4) is 0 Å². The zero-order chi connectivity index (χ0) is 15.8. The van der Waals surface area contributed by atoms with Gasteiger partial charge in [-0.2, -0.15) is 4.31 Å². The Kier molecular flexibility index (Phi) is 4.53. The summed E-state index contributed by atoms with van der Waals surface area (Å²) >= 11 is 5.94. The van der Waals surface area contributed by atoms with Gasteiger partial charge >= 0.3 is 0 Å². The van der Waals surface area contributed by atoms with Crippen LogP contribution in [0.1, 0.15) is 6.42 Å². The van der Waals surface area contributed by atoms with Gasteiger partial charge in [0.05, 0.1) is 22.3 Å². The van der Waals surface area contributed by atoms with Crippen LogP contribution in [0, 0.1) is 0 Å².